The first-order valence-electron chi connectivity index (χ1n) is 3.56. The Morgan fingerprint density at radius 2 is 2.00 bits per heavy atom. The fraction of sp³-hybridized carbons (Fsp3) is 0.222. The van der Waals surface area contributed by atoms with Crippen molar-refractivity contribution >= 4 is 28.9 Å². The zero-order chi connectivity index (χ0) is 10.3. The van der Waals surface area contributed by atoms with Crippen molar-refractivity contribution in [3.05, 3.63) is 34.9 Å². The van der Waals surface area contributed by atoms with Crippen LogP contribution in [0.15, 0.2) is 29.4 Å². The molecule has 2 nitrogen and oxygen atoms in total. The molecule has 0 aliphatic heterocycles. The van der Waals surface area contributed by atoms with E-state index < -0.39 is 0 Å². The van der Waals surface area contributed by atoms with E-state index in [0.717, 1.165) is 5.56 Å². The minimum Gasteiger partial charge on any atom is -0.411 e. The van der Waals surface area contributed by atoms with Crippen LogP contribution in [0.25, 0.3) is 0 Å². The molecule has 0 atom stereocenters. The number of hydrogen-bond acceptors (Lipinski definition) is 2. The van der Waals surface area contributed by atoms with Gasteiger partial charge in [-0.15, -0.1) is 11.6 Å². The second kappa shape index (κ2) is 6.75. The van der Waals surface area contributed by atoms with Crippen LogP contribution in [0.1, 0.15) is 12.5 Å². The minimum absolute atomic E-state index is 0.563. The molecule has 0 aliphatic carbocycles. The van der Waals surface area contributed by atoms with Crippen LogP contribution in [-0.2, 0) is 0 Å². The molecule has 72 valence electrons. The van der Waals surface area contributed by atoms with Crippen molar-refractivity contribution in [3.63, 3.8) is 0 Å². The van der Waals surface area contributed by atoms with Crippen molar-refractivity contribution in [2.24, 2.45) is 5.16 Å². The lowest BCUT2D eigenvalue weighted by atomic mass is 10.1. The summed E-state index contributed by atoms with van der Waals surface area (Å²) in [6.07, 6.45) is 1.47. The Hall–Kier alpha value is -0.730. The molecule has 0 amide bonds. The van der Waals surface area contributed by atoms with Crippen LogP contribution in [0.4, 0.5) is 0 Å². The van der Waals surface area contributed by atoms with Gasteiger partial charge >= 0.3 is 0 Å². The number of halogens is 2. The Kier molecular flexibility index (Phi) is 6.37. The topological polar surface area (TPSA) is 32.6 Å². The van der Waals surface area contributed by atoms with Crippen LogP contribution in [0.3, 0.4) is 0 Å². The molecule has 0 aromatic heterocycles. The highest BCUT2D eigenvalue weighted by atomic mass is 35.5. The standard InChI is InChI=1S/C8H8ClNO.CH3Cl/c1-6(10-11)7-3-2-4-8(9)5-7;1-2/h2-5,11H,1H3;1H3. The number of benzene rings is 1. The predicted molar refractivity (Wildman–Crippen MR) is 57.2 cm³/mol. The first-order valence-corrected chi connectivity index (χ1v) is 4.70. The van der Waals surface area contributed by atoms with Gasteiger partial charge in [-0.05, 0) is 19.1 Å². The molecule has 0 radical (unpaired) electrons. The third-order valence-corrected chi connectivity index (χ3v) is 1.63. The molecule has 0 aliphatic rings. The molecule has 1 aromatic rings. The largest absolute Gasteiger partial charge is 0.411 e. The molecular weight excluding hydrogens is 209 g/mol. The van der Waals surface area contributed by atoms with E-state index in [1.165, 1.54) is 6.38 Å². The molecule has 0 saturated carbocycles. The average Bonchev–Trinajstić information content (AvgIpc) is 2.20. The summed E-state index contributed by atoms with van der Waals surface area (Å²) in [4.78, 5) is 0. The summed E-state index contributed by atoms with van der Waals surface area (Å²) in [5.41, 5.74) is 1.40. The average molecular weight is 220 g/mol. The Bertz CT molecular complexity index is 287. The molecule has 0 unspecified atom stereocenters. The van der Waals surface area contributed by atoms with E-state index in [-0.39, 0.29) is 0 Å². The lowest BCUT2D eigenvalue weighted by molar-refractivity contribution is 0.319. The molecular formula is C9H11Cl2NO. The van der Waals surface area contributed by atoms with E-state index in [1.807, 2.05) is 12.1 Å². The van der Waals surface area contributed by atoms with Crippen LogP contribution in [0.2, 0.25) is 5.02 Å². The normalized spacial score (nSPS) is 10.3. The third-order valence-electron chi connectivity index (χ3n) is 1.39. The predicted octanol–water partition coefficient (Wildman–Crippen LogP) is 3.39. The van der Waals surface area contributed by atoms with Crippen molar-refractivity contribution < 1.29 is 5.21 Å². The monoisotopic (exact) mass is 219 g/mol. The van der Waals surface area contributed by atoms with Crippen molar-refractivity contribution in [1.29, 1.82) is 0 Å². The Morgan fingerprint density at radius 1 is 1.38 bits per heavy atom. The van der Waals surface area contributed by atoms with Gasteiger partial charge in [-0.3, -0.25) is 0 Å². The third kappa shape index (κ3) is 4.15. The van der Waals surface area contributed by atoms with Crippen LogP contribution in [-0.4, -0.2) is 17.3 Å². The van der Waals surface area contributed by atoms with Gasteiger partial charge < -0.3 is 5.21 Å². The van der Waals surface area contributed by atoms with E-state index in [9.17, 15) is 0 Å². The van der Waals surface area contributed by atoms with Crippen LogP contribution in [0.5, 0.6) is 0 Å². The molecule has 13 heavy (non-hydrogen) atoms. The van der Waals surface area contributed by atoms with E-state index in [4.69, 9.17) is 16.8 Å². The Balaban J connectivity index is 0.000000671. The molecule has 1 rings (SSSR count). The number of rotatable bonds is 1. The maximum atomic E-state index is 8.42. The van der Waals surface area contributed by atoms with E-state index in [0.29, 0.717) is 10.7 Å². The van der Waals surface area contributed by atoms with Gasteiger partial charge in [-0.1, -0.05) is 28.9 Å². The van der Waals surface area contributed by atoms with Crippen molar-refractivity contribution in [3.8, 4) is 0 Å². The number of hydrogen-bond donors (Lipinski definition) is 1. The molecule has 0 bridgehead atoms. The highest BCUT2D eigenvalue weighted by molar-refractivity contribution is 6.31. The molecule has 1 N–H and O–H groups in total. The van der Waals surface area contributed by atoms with Crippen molar-refractivity contribution in [2.75, 3.05) is 6.38 Å². The molecule has 4 heteroatoms. The fourth-order valence-electron chi connectivity index (χ4n) is 0.771. The summed E-state index contributed by atoms with van der Waals surface area (Å²) in [5.74, 6) is 0. The molecule has 0 saturated heterocycles. The van der Waals surface area contributed by atoms with E-state index >= 15 is 0 Å². The number of alkyl halides is 1. The van der Waals surface area contributed by atoms with Gasteiger partial charge in [0.15, 0.2) is 0 Å². The van der Waals surface area contributed by atoms with Gasteiger partial charge in [0.25, 0.3) is 0 Å². The fourth-order valence-corrected chi connectivity index (χ4v) is 0.962. The van der Waals surface area contributed by atoms with Gasteiger partial charge in [-0.2, -0.15) is 0 Å². The maximum Gasteiger partial charge on any atom is 0.0837 e. The van der Waals surface area contributed by atoms with Gasteiger partial charge in [0.2, 0.25) is 0 Å². The maximum absolute atomic E-state index is 8.42. The van der Waals surface area contributed by atoms with Crippen molar-refractivity contribution in [1.82, 2.24) is 0 Å². The SMILES string of the molecule is CC(=NO)c1cccc(Cl)c1.CCl. The quantitative estimate of drug-likeness (QED) is 0.334. The Labute approximate surface area is 87.8 Å². The van der Waals surface area contributed by atoms with Crippen LogP contribution in [0, 0.1) is 0 Å². The van der Waals surface area contributed by atoms with E-state index in [2.05, 4.69) is 16.8 Å². The molecule has 0 fully saturated rings. The van der Waals surface area contributed by atoms with Gasteiger partial charge in [-0.25, -0.2) is 0 Å². The lowest BCUT2D eigenvalue weighted by Crippen LogP contribution is -1.92. The summed E-state index contributed by atoms with van der Waals surface area (Å²) < 4.78 is 0. The molecule has 0 heterocycles. The van der Waals surface area contributed by atoms with Crippen LogP contribution < -0.4 is 0 Å². The molecule has 1 aromatic carbocycles. The summed E-state index contributed by atoms with van der Waals surface area (Å²) >= 11 is 10.3. The second-order valence-corrected chi connectivity index (χ2v) is 2.63. The summed E-state index contributed by atoms with van der Waals surface area (Å²) in [6.45, 7) is 1.71. The smallest absolute Gasteiger partial charge is 0.0837 e. The molecule has 0 spiro atoms. The van der Waals surface area contributed by atoms with Gasteiger partial charge in [0, 0.05) is 17.0 Å². The first-order chi connectivity index (χ1) is 6.24. The van der Waals surface area contributed by atoms with Gasteiger partial charge in [0.1, 0.15) is 0 Å². The zero-order valence-electron chi connectivity index (χ0n) is 7.46. The van der Waals surface area contributed by atoms with E-state index in [1.54, 1.807) is 19.1 Å². The summed E-state index contributed by atoms with van der Waals surface area (Å²) in [7, 11) is 0. The number of nitrogens with zero attached hydrogens (tertiary/aromatic N) is 1. The lowest BCUT2D eigenvalue weighted by Gasteiger charge is -1.97. The zero-order valence-corrected chi connectivity index (χ0v) is 8.97. The van der Waals surface area contributed by atoms with Crippen molar-refractivity contribution in [2.45, 2.75) is 6.92 Å². The second-order valence-electron chi connectivity index (χ2n) is 2.20. The Morgan fingerprint density at radius 3 is 2.46 bits per heavy atom. The summed E-state index contributed by atoms with van der Waals surface area (Å²) in [6, 6.07) is 7.17. The first kappa shape index (κ1) is 12.3. The van der Waals surface area contributed by atoms with Gasteiger partial charge in [0.05, 0.1) is 5.71 Å². The minimum atomic E-state index is 0.563. The number of oxime groups is 1. The summed E-state index contributed by atoms with van der Waals surface area (Å²) in [5, 5.41) is 12.1. The van der Waals surface area contributed by atoms with Crippen LogP contribution >= 0.6 is 23.2 Å². The highest BCUT2D eigenvalue weighted by Gasteiger charge is 1.96. The highest BCUT2D eigenvalue weighted by Crippen LogP contribution is 2.10.